The monoisotopic (exact) mass is 390 g/mol. The summed E-state index contributed by atoms with van der Waals surface area (Å²) in [5, 5.41) is 0. The molecule has 3 rings (SSSR count). The first-order chi connectivity index (χ1) is 12.9. The minimum Gasteiger partial charge on any atom is -0.497 e. The lowest BCUT2D eigenvalue weighted by molar-refractivity contribution is 0.195. The van der Waals surface area contributed by atoms with Crippen molar-refractivity contribution >= 4 is 9.84 Å². The SMILES string of the molecule is COc1ccc(CN2CCCC(c3ncccc3S(C)(=O)=O)C2)c(OC)c1. The highest BCUT2D eigenvalue weighted by atomic mass is 32.2. The fraction of sp³-hybridized carbons (Fsp3) is 0.450. The predicted molar refractivity (Wildman–Crippen MR) is 104 cm³/mol. The number of nitrogens with zero attached hydrogens (tertiary/aromatic N) is 2. The van der Waals surface area contributed by atoms with Gasteiger partial charge in [0.25, 0.3) is 0 Å². The number of likely N-dealkylation sites (tertiary alicyclic amines) is 1. The van der Waals surface area contributed by atoms with Crippen LogP contribution in [-0.4, -0.2) is 51.9 Å². The highest BCUT2D eigenvalue weighted by Crippen LogP contribution is 2.32. The van der Waals surface area contributed by atoms with Crippen LogP contribution in [0.4, 0.5) is 0 Å². The van der Waals surface area contributed by atoms with E-state index in [4.69, 9.17) is 9.47 Å². The zero-order valence-electron chi connectivity index (χ0n) is 16.0. The van der Waals surface area contributed by atoms with Crippen molar-refractivity contribution in [1.29, 1.82) is 0 Å². The van der Waals surface area contributed by atoms with Crippen LogP contribution in [0.25, 0.3) is 0 Å². The third kappa shape index (κ3) is 4.59. The van der Waals surface area contributed by atoms with Gasteiger partial charge >= 0.3 is 0 Å². The molecule has 27 heavy (non-hydrogen) atoms. The summed E-state index contributed by atoms with van der Waals surface area (Å²) in [6.45, 7) is 2.48. The molecule has 146 valence electrons. The van der Waals surface area contributed by atoms with Gasteiger partial charge in [0.1, 0.15) is 11.5 Å². The third-order valence-corrected chi connectivity index (χ3v) is 6.12. The average molecular weight is 391 g/mol. The molecule has 7 heteroatoms. The Bertz CT molecular complexity index is 899. The lowest BCUT2D eigenvalue weighted by atomic mass is 9.94. The molecule has 1 atom stereocenters. The smallest absolute Gasteiger partial charge is 0.177 e. The van der Waals surface area contributed by atoms with Gasteiger partial charge in [0.05, 0.1) is 24.8 Å². The molecule has 0 spiro atoms. The van der Waals surface area contributed by atoms with Crippen molar-refractivity contribution in [2.45, 2.75) is 30.2 Å². The van der Waals surface area contributed by atoms with E-state index in [2.05, 4.69) is 9.88 Å². The van der Waals surface area contributed by atoms with E-state index in [0.29, 0.717) is 10.6 Å². The van der Waals surface area contributed by atoms with Crippen molar-refractivity contribution in [3.63, 3.8) is 0 Å². The molecule has 1 fully saturated rings. The maximum Gasteiger partial charge on any atom is 0.177 e. The maximum absolute atomic E-state index is 12.1. The standard InChI is InChI=1S/C20H26N2O4S/c1-25-17-9-8-15(18(12-17)26-2)13-22-11-5-6-16(14-22)20-19(27(3,23)24)7-4-10-21-20/h4,7-10,12,16H,5-6,11,13-14H2,1-3H3. The van der Waals surface area contributed by atoms with Gasteiger partial charge in [0.15, 0.2) is 9.84 Å². The van der Waals surface area contributed by atoms with E-state index in [-0.39, 0.29) is 5.92 Å². The van der Waals surface area contributed by atoms with E-state index in [9.17, 15) is 8.42 Å². The van der Waals surface area contributed by atoms with Crippen LogP contribution in [0.1, 0.15) is 30.0 Å². The molecule has 0 amide bonds. The number of benzene rings is 1. The van der Waals surface area contributed by atoms with Crippen LogP contribution >= 0.6 is 0 Å². The fourth-order valence-electron chi connectivity index (χ4n) is 3.67. The van der Waals surface area contributed by atoms with Gasteiger partial charge in [-0.25, -0.2) is 8.42 Å². The Morgan fingerprint density at radius 2 is 2.04 bits per heavy atom. The molecule has 1 aromatic carbocycles. The molecule has 0 radical (unpaired) electrons. The zero-order valence-corrected chi connectivity index (χ0v) is 16.8. The van der Waals surface area contributed by atoms with Crippen molar-refractivity contribution in [3.8, 4) is 11.5 Å². The molecule has 1 unspecified atom stereocenters. The van der Waals surface area contributed by atoms with Crippen molar-refractivity contribution in [2.75, 3.05) is 33.6 Å². The lowest BCUT2D eigenvalue weighted by Gasteiger charge is -2.33. The topological polar surface area (TPSA) is 68.7 Å². The zero-order chi connectivity index (χ0) is 19.4. The van der Waals surface area contributed by atoms with Gasteiger partial charge in [0.2, 0.25) is 0 Å². The summed E-state index contributed by atoms with van der Waals surface area (Å²) in [6.07, 6.45) is 4.87. The number of ether oxygens (including phenoxy) is 2. The maximum atomic E-state index is 12.1. The van der Waals surface area contributed by atoms with Crippen LogP contribution in [0.2, 0.25) is 0 Å². The first-order valence-electron chi connectivity index (χ1n) is 9.00. The molecule has 0 saturated carbocycles. The summed E-state index contributed by atoms with van der Waals surface area (Å²) in [4.78, 5) is 7.10. The summed E-state index contributed by atoms with van der Waals surface area (Å²) < 4.78 is 35.0. The summed E-state index contributed by atoms with van der Waals surface area (Å²) in [5.74, 6) is 1.67. The fourth-order valence-corrected chi connectivity index (χ4v) is 4.59. The lowest BCUT2D eigenvalue weighted by Crippen LogP contribution is -2.34. The first-order valence-corrected chi connectivity index (χ1v) is 10.9. The van der Waals surface area contributed by atoms with Gasteiger partial charge in [-0.2, -0.15) is 0 Å². The highest BCUT2D eigenvalue weighted by molar-refractivity contribution is 7.90. The normalized spacial score (nSPS) is 18.3. The van der Waals surface area contributed by atoms with Gasteiger partial charge in [-0.1, -0.05) is 6.07 Å². The number of rotatable bonds is 6. The Kier molecular flexibility index (Phi) is 6.01. The van der Waals surface area contributed by atoms with E-state index in [1.165, 1.54) is 6.26 Å². The number of pyridine rings is 1. The Labute approximate surface area is 161 Å². The Morgan fingerprint density at radius 1 is 1.22 bits per heavy atom. The van der Waals surface area contributed by atoms with Crippen LogP contribution in [-0.2, 0) is 16.4 Å². The van der Waals surface area contributed by atoms with E-state index in [0.717, 1.165) is 49.5 Å². The number of sulfone groups is 1. The van der Waals surface area contributed by atoms with Crippen LogP contribution < -0.4 is 9.47 Å². The molecule has 1 aliphatic heterocycles. The number of piperidine rings is 1. The summed E-state index contributed by atoms with van der Waals surface area (Å²) in [5.41, 5.74) is 1.77. The number of aromatic nitrogens is 1. The third-order valence-electron chi connectivity index (χ3n) is 4.98. The molecular formula is C20H26N2O4S. The second kappa shape index (κ2) is 8.27. The minimum absolute atomic E-state index is 0.105. The molecule has 2 heterocycles. The molecule has 2 aromatic rings. The van der Waals surface area contributed by atoms with Crippen molar-refractivity contribution in [3.05, 3.63) is 47.8 Å². The molecule has 0 bridgehead atoms. The van der Waals surface area contributed by atoms with Gasteiger partial charge in [-0.3, -0.25) is 9.88 Å². The molecule has 0 N–H and O–H groups in total. The number of hydrogen-bond acceptors (Lipinski definition) is 6. The molecule has 1 saturated heterocycles. The average Bonchev–Trinajstić information content (AvgIpc) is 2.68. The molecule has 1 aromatic heterocycles. The second-order valence-electron chi connectivity index (χ2n) is 6.91. The first kappa shape index (κ1) is 19.6. The number of methoxy groups -OCH3 is 2. The van der Waals surface area contributed by atoms with E-state index < -0.39 is 9.84 Å². The molecule has 6 nitrogen and oxygen atoms in total. The van der Waals surface area contributed by atoms with Crippen LogP contribution in [0.5, 0.6) is 11.5 Å². The van der Waals surface area contributed by atoms with Crippen molar-refractivity contribution in [2.24, 2.45) is 0 Å². The summed E-state index contributed by atoms with van der Waals surface area (Å²) in [6, 6.07) is 9.17. The van der Waals surface area contributed by atoms with Gasteiger partial charge in [-0.15, -0.1) is 0 Å². The predicted octanol–water partition coefficient (Wildman–Crippen LogP) is 2.88. The Balaban J connectivity index is 1.80. The quantitative estimate of drug-likeness (QED) is 0.755. The van der Waals surface area contributed by atoms with Gasteiger partial charge in [-0.05, 0) is 37.6 Å². The van der Waals surface area contributed by atoms with Crippen molar-refractivity contribution in [1.82, 2.24) is 9.88 Å². The second-order valence-corrected chi connectivity index (χ2v) is 8.90. The largest absolute Gasteiger partial charge is 0.497 e. The highest BCUT2D eigenvalue weighted by Gasteiger charge is 2.27. The number of hydrogen-bond donors (Lipinski definition) is 0. The Hall–Kier alpha value is -2.12. The van der Waals surface area contributed by atoms with Crippen LogP contribution in [0, 0.1) is 0 Å². The van der Waals surface area contributed by atoms with Crippen LogP contribution in [0.15, 0.2) is 41.4 Å². The van der Waals surface area contributed by atoms with Crippen molar-refractivity contribution < 1.29 is 17.9 Å². The van der Waals surface area contributed by atoms with E-state index in [1.54, 1.807) is 32.5 Å². The summed E-state index contributed by atoms with van der Waals surface area (Å²) >= 11 is 0. The van der Waals surface area contributed by atoms with E-state index in [1.807, 2.05) is 18.2 Å². The van der Waals surface area contributed by atoms with Gasteiger partial charge < -0.3 is 9.47 Å². The van der Waals surface area contributed by atoms with Crippen LogP contribution in [0.3, 0.4) is 0 Å². The minimum atomic E-state index is -3.29. The van der Waals surface area contributed by atoms with Gasteiger partial charge in [0, 0.05) is 43.1 Å². The molecule has 1 aliphatic rings. The molecular weight excluding hydrogens is 364 g/mol. The summed E-state index contributed by atoms with van der Waals surface area (Å²) in [7, 11) is -0.00132. The van der Waals surface area contributed by atoms with E-state index >= 15 is 0 Å². The Morgan fingerprint density at radius 3 is 2.74 bits per heavy atom. The molecule has 0 aliphatic carbocycles.